The van der Waals surface area contributed by atoms with Crippen molar-refractivity contribution in [3.63, 3.8) is 0 Å². The molecule has 0 aliphatic rings. The molecule has 0 radical (unpaired) electrons. The van der Waals surface area contributed by atoms with E-state index in [2.05, 4.69) is 33.8 Å². The van der Waals surface area contributed by atoms with E-state index in [1.165, 1.54) is 12.0 Å². The highest BCUT2D eigenvalue weighted by atomic mass is 16.3. The minimum absolute atomic E-state index is 0.145. The first-order valence-electron chi connectivity index (χ1n) is 5.62. The van der Waals surface area contributed by atoms with Gasteiger partial charge in [-0.3, -0.25) is 0 Å². The van der Waals surface area contributed by atoms with Gasteiger partial charge in [-0.25, -0.2) is 0 Å². The molecule has 0 saturated heterocycles. The summed E-state index contributed by atoms with van der Waals surface area (Å²) in [5, 5.41) is 0. The van der Waals surface area contributed by atoms with Crippen LogP contribution in [0.4, 0.5) is 0 Å². The van der Waals surface area contributed by atoms with Gasteiger partial charge in [0.05, 0.1) is 6.26 Å². The van der Waals surface area contributed by atoms with E-state index < -0.39 is 0 Å². The van der Waals surface area contributed by atoms with Crippen LogP contribution in [0.1, 0.15) is 59.3 Å². The second kappa shape index (κ2) is 5.90. The lowest BCUT2D eigenvalue weighted by atomic mass is 9.93. The third kappa shape index (κ3) is 3.99. The fraction of sp³-hybridized carbons (Fsp3) is 0.692. The maximum absolute atomic E-state index is 5.48. The highest BCUT2D eigenvalue weighted by Gasteiger charge is 2.17. The van der Waals surface area contributed by atoms with Gasteiger partial charge in [-0.15, -0.1) is 0 Å². The van der Waals surface area contributed by atoms with Crippen molar-refractivity contribution >= 4 is 0 Å². The molecule has 0 spiro atoms. The molecule has 1 aromatic heterocycles. The lowest BCUT2D eigenvalue weighted by molar-refractivity contribution is 0.409. The highest BCUT2D eigenvalue weighted by molar-refractivity contribution is 5.18. The van der Waals surface area contributed by atoms with Gasteiger partial charge in [0.1, 0.15) is 5.76 Å². The highest BCUT2D eigenvalue weighted by Crippen LogP contribution is 2.24. The monoisotopic (exact) mass is 196 g/mol. The maximum atomic E-state index is 5.48. The van der Waals surface area contributed by atoms with Gasteiger partial charge in [-0.2, -0.15) is 0 Å². The number of hydrogen-bond donors (Lipinski definition) is 0. The van der Waals surface area contributed by atoms with Crippen LogP contribution in [0.3, 0.4) is 0 Å². The van der Waals surface area contributed by atoms with E-state index in [1.807, 2.05) is 20.1 Å². The summed E-state index contributed by atoms with van der Waals surface area (Å²) in [6.07, 6.45) is 4.19. The molecule has 1 rings (SSSR count). The average Bonchev–Trinajstić information content (AvgIpc) is 2.56. The Kier molecular flexibility index (Phi) is 5.59. The zero-order valence-electron chi connectivity index (χ0n) is 10.5. The van der Waals surface area contributed by atoms with E-state index in [4.69, 9.17) is 4.42 Å². The Labute approximate surface area is 88.5 Å². The van der Waals surface area contributed by atoms with Gasteiger partial charge < -0.3 is 4.42 Å². The summed E-state index contributed by atoms with van der Waals surface area (Å²) in [5.74, 6) is 1.09. The van der Waals surface area contributed by atoms with E-state index in [9.17, 15) is 0 Å². The molecule has 0 aliphatic carbocycles. The van der Waals surface area contributed by atoms with E-state index >= 15 is 0 Å². The van der Waals surface area contributed by atoms with Crippen LogP contribution in [0, 0.1) is 0 Å². The predicted octanol–water partition coefficient (Wildman–Crippen LogP) is 4.56. The predicted molar refractivity (Wildman–Crippen MR) is 62.8 cm³/mol. The van der Waals surface area contributed by atoms with Crippen molar-refractivity contribution in [2.75, 3.05) is 0 Å². The molecule has 82 valence electrons. The maximum Gasteiger partial charge on any atom is 0.109 e. The summed E-state index contributed by atoms with van der Waals surface area (Å²) in [5.41, 5.74) is 1.47. The van der Waals surface area contributed by atoms with Crippen molar-refractivity contribution in [1.82, 2.24) is 0 Å². The molecule has 0 bridgehead atoms. The first-order chi connectivity index (χ1) is 6.54. The van der Waals surface area contributed by atoms with Crippen LogP contribution >= 0.6 is 0 Å². The minimum Gasteiger partial charge on any atom is -0.469 e. The normalized spacial score (nSPS) is 10.7. The molecule has 14 heavy (non-hydrogen) atoms. The summed E-state index contributed by atoms with van der Waals surface area (Å²) >= 11 is 0. The molecule has 0 N–H and O–H groups in total. The second-order valence-corrected chi connectivity index (χ2v) is 4.32. The van der Waals surface area contributed by atoms with Crippen molar-refractivity contribution in [1.29, 1.82) is 0 Å². The number of furan rings is 1. The van der Waals surface area contributed by atoms with Gasteiger partial charge in [0.2, 0.25) is 0 Å². The molecule has 0 saturated carbocycles. The number of hydrogen-bond acceptors (Lipinski definition) is 1. The van der Waals surface area contributed by atoms with Gasteiger partial charge in [0.15, 0.2) is 0 Å². The Hall–Kier alpha value is -0.720. The zero-order chi connectivity index (χ0) is 11.2. The fourth-order valence-electron chi connectivity index (χ4n) is 1.19. The largest absolute Gasteiger partial charge is 0.469 e. The van der Waals surface area contributed by atoms with Crippen molar-refractivity contribution in [3.8, 4) is 0 Å². The van der Waals surface area contributed by atoms with Crippen LogP contribution in [0.15, 0.2) is 16.7 Å². The van der Waals surface area contributed by atoms with Crippen LogP contribution < -0.4 is 0 Å². The molecule has 0 aromatic carbocycles. The zero-order valence-corrected chi connectivity index (χ0v) is 10.5. The second-order valence-electron chi connectivity index (χ2n) is 4.32. The summed E-state index contributed by atoms with van der Waals surface area (Å²) in [7, 11) is 0. The molecular weight excluding hydrogens is 172 g/mol. The Morgan fingerprint density at radius 3 is 2.14 bits per heavy atom. The smallest absolute Gasteiger partial charge is 0.109 e. The number of aryl methyl sites for hydroxylation is 1. The third-order valence-electron chi connectivity index (χ3n) is 1.93. The van der Waals surface area contributed by atoms with Gasteiger partial charge in [0.25, 0.3) is 0 Å². The minimum atomic E-state index is 0.145. The van der Waals surface area contributed by atoms with Crippen LogP contribution in [0.25, 0.3) is 0 Å². The summed E-state index contributed by atoms with van der Waals surface area (Å²) < 4.78 is 5.48. The lowest BCUT2D eigenvalue weighted by Crippen LogP contribution is -2.09. The quantitative estimate of drug-likeness (QED) is 0.676. The molecule has 0 atom stereocenters. The standard InChI is InChI=1S/C11H18O.C2H6/c1-5-6-9-7-10(12-8-9)11(2,3)4;1-2/h7-8H,5-6H2,1-4H3;1-2H3. The van der Waals surface area contributed by atoms with Crippen LogP contribution in [-0.4, -0.2) is 0 Å². The lowest BCUT2D eigenvalue weighted by Gasteiger charge is -2.13. The summed E-state index contributed by atoms with van der Waals surface area (Å²) in [6.45, 7) is 12.7. The SMILES string of the molecule is CC.CCCc1coc(C(C)(C)C)c1. The molecular formula is C13H24O. The summed E-state index contributed by atoms with van der Waals surface area (Å²) in [4.78, 5) is 0. The third-order valence-corrected chi connectivity index (χ3v) is 1.93. The average molecular weight is 196 g/mol. The van der Waals surface area contributed by atoms with Gasteiger partial charge in [-0.1, -0.05) is 48.0 Å². The fourth-order valence-corrected chi connectivity index (χ4v) is 1.19. The van der Waals surface area contributed by atoms with Crippen molar-refractivity contribution in [2.24, 2.45) is 0 Å². The van der Waals surface area contributed by atoms with Gasteiger partial charge in [0, 0.05) is 5.41 Å². The number of rotatable bonds is 2. The molecule has 1 aromatic rings. The van der Waals surface area contributed by atoms with E-state index in [0.717, 1.165) is 12.2 Å². The Bertz CT molecular complexity index is 240. The molecule has 0 unspecified atom stereocenters. The van der Waals surface area contributed by atoms with Gasteiger partial charge >= 0.3 is 0 Å². The van der Waals surface area contributed by atoms with E-state index in [0.29, 0.717) is 0 Å². The first kappa shape index (κ1) is 13.3. The van der Waals surface area contributed by atoms with Crippen molar-refractivity contribution in [3.05, 3.63) is 23.7 Å². The van der Waals surface area contributed by atoms with Crippen LogP contribution in [0.5, 0.6) is 0 Å². The summed E-state index contributed by atoms with van der Waals surface area (Å²) in [6, 6.07) is 2.17. The van der Waals surface area contributed by atoms with Crippen LogP contribution in [-0.2, 0) is 11.8 Å². The molecule has 1 heteroatoms. The first-order valence-corrected chi connectivity index (χ1v) is 5.62. The topological polar surface area (TPSA) is 13.1 Å². The Balaban J connectivity index is 0.000000791. The molecule has 1 nitrogen and oxygen atoms in total. The Morgan fingerprint density at radius 1 is 1.21 bits per heavy atom. The van der Waals surface area contributed by atoms with Crippen molar-refractivity contribution < 1.29 is 4.42 Å². The van der Waals surface area contributed by atoms with E-state index in [-0.39, 0.29) is 5.41 Å². The Morgan fingerprint density at radius 2 is 1.79 bits per heavy atom. The molecule has 1 heterocycles. The van der Waals surface area contributed by atoms with Crippen LogP contribution in [0.2, 0.25) is 0 Å². The van der Waals surface area contributed by atoms with Crippen molar-refractivity contribution in [2.45, 2.75) is 59.8 Å². The van der Waals surface area contributed by atoms with Gasteiger partial charge in [-0.05, 0) is 18.1 Å². The molecule has 0 fully saturated rings. The molecule has 0 aliphatic heterocycles. The van der Waals surface area contributed by atoms with E-state index in [1.54, 1.807) is 0 Å². The molecule has 0 amide bonds.